The van der Waals surface area contributed by atoms with Crippen LogP contribution in [0.2, 0.25) is 0 Å². The number of nitrogens with zero attached hydrogens (tertiary/aromatic N) is 1. The molecule has 0 aliphatic carbocycles. The van der Waals surface area contributed by atoms with E-state index in [-0.39, 0.29) is 12.2 Å². The van der Waals surface area contributed by atoms with E-state index in [0.29, 0.717) is 19.1 Å². The second-order valence-corrected chi connectivity index (χ2v) is 3.87. The zero-order valence-corrected chi connectivity index (χ0v) is 9.03. The summed E-state index contributed by atoms with van der Waals surface area (Å²) < 4.78 is 10.7. The van der Waals surface area contributed by atoms with Gasteiger partial charge in [-0.3, -0.25) is 0 Å². The highest BCUT2D eigenvalue weighted by atomic mass is 16.7. The van der Waals surface area contributed by atoms with E-state index in [0.717, 1.165) is 19.3 Å². The summed E-state index contributed by atoms with van der Waals surface area (Å²) in [5, 5.41) is 8.97. The molecule has 80 valence electrons. The largest absolute Gasteiger partial charge is 0.350 e. The second kappa shape index (κ2) is 6.00. The maximum absolute atomic E-state index is 8.97. The van der Waals surface area contributed by atoms with Crippen LogP contribution in [0.15, 0.2) is 0 Å². The molecule has 0 N–H and O–H groups in total. The van der Waals surface area contributed by atoms with E-state index in [1.807, 2.05) is 0 Å². The standard InChI is InChI=1S/C11H19NO2/c1-3-9(2)10(8-12)4-5-11-13-6-7-14-11/h9-11H,3-7H2,1-2H3. The van der Waals surface area contributed by atoms with Gasteiger partial charge in [-0.05, 0) is 18.8 Å². The van der Waals surface area contributed by atoms with E-state index in [9.17, 15) is 0 Å². The van der Waals surface area contributed by atoms with Crippen molar-refractivity contribution in [2.24, 2.45) is 11.8 Å². The molecule has 0 bridgehead atoms. The fourth-order valence-electron chi connectivity index (χ4n) is 1.65. The fourth-order valence-corrected chi connectivity index (χ4v) is 1.65. The van der Waals surface area contributed by atoms with Crippen LogP contribution in [-0.4, -0.2) is 19.5 Å². The molecule has 3 nitrogen and oxygen atoms in total. The van der Waals surface area contributed by atoms with Crippen molar-refractivity contribution in [1.29, 1.82) is 5.26 Å². The molecule has 0 spiro atoms. The van der Waals surface area contributed by atoms with Gasteiger partial charge < -0.3 is 9.47 Å². The highest BCUT2D eigenvalue weighted by molar-refractivity contribution is 4.86. The van der Waals surface area contributed by atoms with Crippen LogP contribution >= 0.6 is 0 Å². The lowest BCUT2D eigenvalue weighted by Crippen LogP contribution is -2.14. The van der Waals surface area contributed by atoms with E-state index < -0.39 is 0 Å². The molecule has 1 aliphatic heterocycles. The van der Waals surface area contributed by atoms with E-state index in [4.69, 9.17) is 14.7 Å². The Balaban J connectivity index is 2.23. The van der Waals surface area contributed by atoms with Crippen LogP contribution < -0.4 is 0 Å². The third-order valence-corrected chi connectivity index (χ3v) is 2.90. The fraction of sp³-hybridized carbons (Fsp3) is 0.909. The van der Waals surface area contributed by atoms with Gasteiger partial charge in [0.05, 0.1) is 19.3 Å². The van der Waals surface area contributed by atoms with Crippen molar-refractivity contribution in [2.75, 3.05) is 13.2 Å². The normalized spacial score (nSPS) is 21.8. The van der Waals surface area contributed by atoms with Gasteiger partial charge in [0, 0.05) is 5.92 Å². The summed E-state index contributed by atoms with van der Waals surface area (Å²) in [6.45, 7) is 5.65. The SMILES string of the molecule is CCC(C)C(C#N)CCC1OCCO1. The Hall–Kier alpha value is -0.590. The molecule has 1 saturated heterocycles. The average Bonchev–Trinajstić information content (AvgIpc) is 2.71. The van der Waals surface area contributed by atoms with Gasteiger partial charge in [0.1, 0.15) is 0 Å². The van der Waals surface area contributed by atoms with E-state index in [1.165, 1.54) is 0 Å². The summed E-state index contributed by atoms with van der Waals surface area (Å²) in [5.74, 6) is 0.620. The van der Waals surface area contributed by atoms with Gasteiger partial charge >= 0.3 is 0 Å². The van der Waals surface area contributed by atoms with Crippen molar-refractivity contribution in [3.63, 3.8) is 0 Å². The van der Waals surface area contributed by atoms with Gasteiger partial charge in [0.2, 0.25) is 0 Å². The van der Waals surface area contributed by atoms with Crippen molar-refractivity contribution in [1.82, 2.24) is 0 Å². The molecule has 0 saturated carbocycles. The molecule has 1 aliphatic rings. The van der Waals surface area contributed by atoms with Crippen molar-refractivity contribution >= 4 is 0 Å². The predicted octanol–water partition coefficient (Wildman–Crippen LogP) is 2.33. The molecule has 0 amide bonds. The third-order valence-electron chi connectivity index (χ3n) is 2.90. The summed E-state index contributed by atoms with van der Waals surface area (Å²) in [6, 6.07) is 2.37. The Morgan fingerprint density at radius 1 is 1.43 bits per heavy atom. The quantitative estimate of drug-likeness (QED) is 0.679. The molecule has 0 aromatic rings. The van der Waals surface area contributed by atoms with Crippen molar-refractivity contribution in [3.8, 4) is 6.07 Å². The lowest BCUT2D eigenvalue weighted by molar-refractivity contribution is -0.0500. The smallest absolute Gasteiger partial charge is 0.157 e. The molecular weight excluding hydrogens is 178 g/mol. The van der Waals surface area contributed by atoms with Crippen molar-refractivity contribution in [2.45, 2.75) is 39.4 Å². The molecule has 1 heterocycles. The molecule has 14 heavy (non-hydrogen) atoms. The van der Waals surface area contributed by atoms with Gasteiger partial charge in [-0.2, -0.15) is 5.26 Å². The summed E-state index contributed by atoms with van der Waals surface area (Å²) >= 11 is 0. The highest BCUT2D eigenvalue weighted by Gasteiger charge is 2.20. The van der Waals surface area contributed by atoms with E-state index in [1.54, 1.807) is 0 Å². The number of nitriles is 1. The topological polar surface area (TPSA) is 42.2 Å². The zero-order valence-electron chi connectivity index (χ0n) is 9.03. The van der Waals surface area contributed by atoms with E-state index >= 15 is 0 Å². The van der Waals surface area contributed by atoms with Crippen LogP contribution in [-0.2, 0) is 9.47 Å². The van der Waals surface area contributed by atoms with Gasteiger partial charge in [0.15, 0.2) is 6.29 Å². The van der Waals surface area contributed by atoms with Crippen LogP contribution in [0.25, 0.3) is 0 Å². The van der Waals surface area contributed by atoms with Gasteiger partial charge in [-0.1, -0.05) is 20.3 Å². The third kappa shape index (κ3) is 3.28. The molecule has 0 radical (unpaired) electrons. The Morgan fingerprint density at radius 3 is 2.57 bits per heavy atom. The molecule has 0 aromatic carbocycles. The summed E-state index contributed by atoms with van der Waals surface area (Å²) in [6.07, 6.45) is 2.73. The summed E-state index contributed by atoms with van der Waals surface area (Å²) in [5.41, 5.74) is 0. The Bertz CT molecular complexity index is 194. The lowest BCUT2D eigenvalue weighted by Gasteiger charge is -2.17. The predicted molar refractivity (Wildman–Crippen MR) is 53.5 cm³/mol. The second-order valence-electron chi connectivity index (χ2n) is 3.87. The van der Waals surface area contributed by atoms with E-state index in [2.05, 4.69) is 19.9 Å². The Labute approximate surface area is 86.0 Å². The van der Waals surface area contributed by atoms with Crippen molar-refractivity contribution < 1.29 is 9.47 Å². The first kappa shape index (κ1) is 11.5. The van der Waals surface area contributed by atoms with Crippen molar-refractivity contribution in [3.05, 3.63) is 0 Å². The van der Waals surface area contributed by atoms with Gasteiger partial charge in [-0.15, -0.1) is 0 Å². The minimum Gasteiger partial charge on any atom is -0.350 e. The highest BCUT2D eigenvalue weighted by Crippen LogP contribution is 2.22. The molecule has 3 heteroatoms. The number of hydrogen-bond acceptors (Lipinski definition) is 3. The van der Waals surface area contributed by atoms with Crippen LogP contribution in [0.5, 0.6) is 0 Å². The van der Waals surface area contributed by atoms with Gasteiger partial charge in [0.25, 0.3) is 0 Å². The molecule has 1 fully saturated rings. The first-order valence-electron chi connectivity index (χ1n) is 5.40. The monoisotopic (exact) mass is 197 g/mol. The number of hydrogen-bond donors (Lipinski definition) is 0. The average molecular weight is 197 g/mol. The number of rotatable bonds is 5. The molecule has 1 rings (SSSR count). The molecular formula is C11H19NO2. The first-order valence-corrected chi connectivity index (χ1v) is 5.40. The minimum atomic E-state index is -0.0603. The summed E-state index contributed by atoms with van der Waals surface area (Å²) in [4.78, 5) is 0. The van der Waals surface area contributed by atoms with Crippen LogP contribution in [0.1, 0.15) is 33.1 Å². The molecule has 2 atom stereocenters. The number of ether oxygens (including phenoxy) is 2. The Morgan fingerprint density at radius 2 is 2.07 bits per heavy atom. The lowest BCUT2D eigenvalue weighted by atomic mass is 9.89. The van der Waals surface area contributed by atoms with Crippen LogP contribution in [0.4, 0.5) is 0 Å². The van der Waals surface area contributed by atoms with Gasteiger partial charge in [-0.25, -0.2) is 0 Å². The zero-order chi connectivity index (χ0) is 10.4. The maximum Gasteiger partial charge on any atom is 0.157 e. The van der Waals surface area contributed by atoms with Crippen LogP contribution in [0, 0.1) is 23.2 Å². The maximum atomic E-state index is 8.97. The summed E-state index contributed by atoms with van der Waals surface area (Å²) in [7, 11) is 0. The minimum absolute atomic E-state index is 0.0603. The first-order chi connectivity index (χ1) is 6.77. The molecule has 0 aromatic heterocycles. The molecule has 2 unspecified atom stereocenters. The Kier molecular flexibility index (Phi) is 4.92. The van der Waals surface area contributed by atoms with Crippen LogP contribution in [0.3, 0.4) is 0 Å².